The lowest BCUT2D eigenvalue weighted by molar-refractivity contribution is 0.428. The third-order valence-electron chi connectivity index (χ3n) is 2.20. The van der Waals surface area contributed by atoms with Crippen molar-refractivity contribution in [3.05, 3.63) is 11.5 Å². The average Bonchev–Trinajstić information content (AvgIpc) is 2.05. The molecule has 0 radical (unpaired) electrons. The summed E-state index contributed by atoms with van der Waals surface area (Å²) in [5.41, 5.74) is 1.49. The van der Waals surface area contributed by atoms with Gasteiger partial charge in [0, 0.05) is 7.11 Å². The molecule has 0 unspecified atom stereocenters. The summed E-state index contributed by atoms with van der Waals surface area (Å²) in [6, 6.07) is 0. The molecule has 0 saturated heterocycles. The Hall–Kier alpha value is -0.235. The van der Waals surface area contributed by atoms with Gasteiger partial charge in [0.25, 0.3) is 0 Å². The van der Waals surface area contributed by atoms with Crippen LogP contribution in [0.2, 0.25) is 6.82 Å². The second kappa shape index (κ2) is 3.82. The highest BCUT2D eigenvalue weighted by atomic mass is 16.4. The van der Waals surface area contributed by atoms with Gasteiger partial charge in [-0.3, -0.25) is 0 Å². The molecule has 1 aliphatic carbocycles. The van der Waals surface area contributed by atoms with Crippen molar-refractivity contribution < 1.29 is 4.65 Å². The first kappa shape index (κ1) is 7.87. The molecule has 0 aromatic carbocycles. The highest BCUT2D eigenvalue weighted by molar-refractivity contribution is 6.58. The van der Waals surface area contributed by atoms with Crippen molar-refractivity contribution in [1.29, 1.82) is 0 Å². The Kier molecular flexibility index (Phi) is 3.00. The molecule has 56 valence electrons. The van der Waals surface area contributed by atoms with Gasteiger partial charge in [-0.1, -0.05) is 18.4 Å². The van der Waals surface area contributed by atoms with Crippen LogP contribution in [0, 0.1) is 0 Å². The van der Waals surface area contributed by atoms with Crippen LogP contribution >= 0.6 is 0 Å². The van der Waals surface area contributed by atoms with Gasteiger partial charge in [0.1, 0.15) is 0 Å². The summed E-state index contributed by atoms with van der Waals surface area (Å²) < 4.78 is 5.22. The van der Waals surface area contributed by atoms with Gasteiger partial charge in [-0.05, 0) is 25.7 Å². The highest BCUT2D eigenvalue weighted by Gasteiger charge is 2.14. The van der Waals surface area contributed by atoms with Crippen molar-refractivity contribution in [2.24, 2.45) is 0 Å². The molecular weight excluding hydrogens is 123 g/mol. The van der Waals surface area contributed by atoms with Gasteiger partial charge < -0.3 is 4.65 Å². The van der Waals surface area contributed by atoms with E-state index in [9.17, 15) is 0 Å². The smallest absolute Gasteiger partial charge is 0.318 e. The fourth-order valence-electron chi connectivity index (χ4n) is 1.38. The maximum Gasteiger partial charge on any atom is 0.318 e. The SMILES string of the molecule is COB(C)C1=CCCCC1. The van der Waals surface area contributed by atoms with E-state index in [1.165, 1.54) is 31.2 Å². The van der Waals surface area contributed by atoms with Gasteiger partial charge in [-0.25, -0.2) is 0 Å². The predicted octanol–water partition coefficient (Wildman–Crippen LogP) is 2.29. The molecule has 0 aromatic heterocycles. The lowest BCUT2D eigenvalue weighted by Gasteiger charge is -2.14. The van der Waals surface area contributed by atoms with Crippen LogP contribution in [-0.2, 0) is 4.65 Å². The van der Waals surface area contributed by atoms with Gasteiger partial charge >= 0.3 is 6.92 Å². The maximum absolute atomic E-state index is 5.22. The van der Waals surface area contributed by atoms with Crippen LogP contribution in [0.4, 0.5) is 0 Å². The van der Waals surface area contributed by atoms with E-state index in [0.717, 1.165) is 0 Å². The molecule has 0 amide bonds. The molecule has 0 fully saturated rings. The van der Waals surface area contributed by atoms with E-state index in [2.05, 4.69) is 12.9 Å². The number of hydrogen-bond acceptors (Lipinski definition) is 1. The summed E-state index contributed by atoms with van der Waals surface area (Å²) in [6.45, 7) is 2.47. The number of rotatable bonds is 2. The summed E-state index contributed by atoms with van der Waals surface area (Å²) in [5.74, 6) is 0. The third-order valence-corrected chi connectivity index (χ3v) is 2.20. The molecule has 2 heteroatoms. The molecule has 10 heavy (non-hydrogen) atoms. The zero-order valence-corrected chi connectivity index (χ0v) is 6.89. The molecule has 0 saturated carbocycles. The van der Waals surface area contributed by atoms with E-state index >= 15 is 0 Å². The van der Waals surface area contributed by atoms with Crippen molar-refractivity contribution in [2.75, 3.05) is 7.11 Å². The fraction of sp³-hybridized carbons (Fsp3) is 0.750. The Bertz CT molecular complexity index is 131. The fourth-order valence-corrected chi connectivity index (χ4v) is 1.38. The first-order valence-corrected chi connectivity index (χ1v) is 4.06. The van der Waals surface area contributed by atoms with E-state index in [1.807, 2.05) is 0 Å². The average molecular weight is 138 g/mol. The minimum absolute atomic E-state index is 0.347. The van der Waals surface area contributed by atoms with Crippen molar-refractivity contribution in [2.45, 2.75) is 32.5 Å². The molecule has 0 N–H and O–H groups in total. The molecule has 1 aliphatic rings. The Morgan fingerprint density at radius 3 is 2.80 bits per heavy atom. The van der Waals surface area contributed by atoms with Gasteiger partial charge in [0.15, 0.2) is 0 Å². The Morgan fingerprint density at radius 1 is 1.50 bits per heavy atom. The highest BCUT2D eigenvalue weighted by Crippen LogP contribution is 2.19. The Balaban J connectivity index is 2.44. The van der Waals surface area contributed by atoms with Crippen LogP contribution in [0.25, 0.3) is 0 Å². The van der Waals surface area contributed by atoms with Crippen LogP contribution in [0.3, 0.4) is 0 Å². The normalized spacial score (nSPS) is 18.4. The largest absolute Gasteiger partial charge is 0.434 e. The van der Waals surface area contributed by atoms with Gasteiger partial charge in [0.05, 0.1) is 0 Å². The zero-order chi connectivity index (χ0) is 7.40. The third kappa shape index (κ3) is 1.88. The summed E-state index contributed by atoms with van der Waals surface area (Å²) in [5, 5.41) is 0. The van der Waals surface area contributed by atoms with Crippen LogP contribution in [-0.4, -0.2) is 14.0 Å². The van der Waals surface area contributed by atoms with E-state index < -0.39 is 0 Å². The van der Waals surface area contributed by atoms with Crippen LogP contribution < -0.4 is 0 Å². The van der Waals surface area contributed by atoms with Crippen LogP contribution in [0.5, 0.6) is 0 Å². The van der Waals surface area contributed by atoms with Crippen molar-refractivity contribution >= 4 is 6.92 Å². The second-order valence-electron chi connectivity index (χ2n) is 2.90. The Labute approximate surface area is 63.6 Å². The monoisotopic (exact) mass is 138 g/mol. The van der Waals surface area contributed by atoms with Gasteiger partial charge in [0.2, 0.25) is 0 Å². The first-order chi connectivity index (χ1) is 4.84. The quantitative estimate of drug-likeness (QED) is 0.532. The maximum atomic E-state index is 5.22. The van der Waals surface area contributed by atoms with Crippen molar-refractivity contribution in [3.63, 3.8) is 0 Å². The summed E-state index contributed by atoms with van der Waals surface area (Å²) in [6.07, 6.45) is 7.54. The van der Waals surface area contributed by atoms with E-state index in [4.69, 9.17) is 4.65 Å². The van der Waals surface area contributed by atoms with E-state index in [1.54, 1.807) is 7.11 Å². The minimum atomic E-state index is 0.347. The summed E-state index contributed by atoms with van der Waals surface area (Å²) in [7, 11) is 1.78. The first-order valence-electron chi connectivity index (χ1n) is 4.06. The van der Waals surface area contributed by atoms with Crippen molar-refractivity contribution in [1.82, 2.24) is 0 Å². The predicted molar refractivity (Wildman–Crippen MR) is 45.2 cm³/mol. The molecule has 1 rings (SSSR count). The molecule has 0 bridgehead atoms. The standard InChI is InChI=1S/C8H15BO/c1-9(10-2)8-6-4-3-5-7-8/h6H,3-5,7H2,1-2H3. The second-order valence-corrected chi connectivity index (χ2v) is 2.90. The van der Waals surface area contributed by atoms with Crippen molar-refractivity contribution in [3.8, 4) is 0 Å². The lowest BCUT2D eigenvalue weighted by atomic mass is 9.60. The van der Waals surface area contributed by atoms with E-state index in [-0.39, 0.29) is 0 Å². The van der Waals surface area contributed by atoms with Crippen LogP contribution in [0.15, 0.2) is 11.5 Å². The molecule has 0 aromatic rings. The van der Waals surface area contributed by atoms with Crippen LogP contribution in [0.1, 0.15) is 25.7 Å². The Morgan fingerprint density at radius 2 is 2.30 bits per heavy atom. The number of allylic oxidation sites excluding steroid dienone is 2. The van der Waals surface area contributed by atoms with E-state index in [0.29, 0.717) is 6.92 Å². The molecule has 0 spiro atoms. The minimum Gasteiger partial charge on any atom is -0.434 e. The topological polar surface area (TPSA) is 9.23 Å². The summed E-state index contributed by atoms with van der Waals surface area (Å²) >= 11 is 0. The van der Waals surface area contributed by atoms with Gasteiger partial charge in [-0.2, -0.15) is 0 Å². The molecule has 0 atom stereocenters. The lowest BCUT2D eigenvalue weighted by Crippen LogP contribution is -2.16. The number of hydrogen-bond donors (Lipinski definition) is 0. The zero-order valence-electron chi connectivity index (χ0n) is 6.89. The molecule has 0 heterocycles. The molecule has 0 aliphatic heterocycles. The molecule has 1 nitrogen and oxygen atoms in total. The van der Waals surface area contributed by atoms with Gasteiger partial charge in [-0.15, -0.1) is 0 Å². The summed E-state index contributed by atoms with van der Waals surface area (Å²) in [4.78, 5) is 0. The molecular formula is C8H15BO.